The molecule has 0 fully saturated rings. The molecule has 0 aromatic carbocycles. The zero-order valence-corrected chi connectivity index (χ0v) is 9.27. The maximum Gasteiger partial charge on any atom is 0.271 e. The van der Waals surface area contributed by atoms with Crippen LogP contribution in [0.4, 0.5) is 0 Å². The smallest absolute Gasteiger partial charge is 0.271 e. The third-order valence-corrected chi connectivity index (χ3v) is 2.19. The summed E-state index contributed by atoms with van der Waals surface area (Å²) in [4.78, 5) is 15.4. The second kappa shape index (κ2) is 4.32. The summed E-state index contributed by atoms with van der Waals surface area (Å²) in [6, 6.07) is 6.81. The summed E-state index contributed by atoms with van der Waals surface area (Å²) in [5, 5.41) is 6.96. The highest BCUT2D eigenvalue weighted by Crippen LogP contribution is 2.09. The summed E-state index contributed by atoms with van der Waals surface area (Å²) < 4.78 is 1.50. The van der Waals surface area contributed by atoms with E-state index >= 15 is 0 Å². The molecule has 2 aromatic heterocycles. The Labute approximate surface area is 97.1 Å². The molecular formula is C10H9ClN4O. The van der Waals surface area contributed by atoms with Crippen LogP contribution in [0.2, 0.25) is 5.15 Å². The molecule has 0 spiro atoms. The van der Waals surface area contributed by atoms with Gasteiger partial charge in [0.1, 0.15) is 5.15 Å². The SMILES string of the molecule is CNC(=O)c1ccn(-c2cccc(Cl)n2)n1. The Balaban J connectivity index is 2.35. The van der Waals surface area contributed by atoms with Gasteiger partial charge in [-0.3, -0.25) is 4.79 Å². The molecule has 0 saturated heterocycles. The van der Waals surface area contributed by atoms with Crippen LogP contribution in [0.25, 0.3) is 5.82 Å². The number of nitrogens with one attached hydrogen (secondary N) is 1. The Morgan fingerprint density at radius 2 is 2.25 bits per heavy atom. The largest absolute Gasteiger partial charge is 0.354 e. The standard InChI is InChI=1S/C10H9ClN4O/c1-12-10(16)7-5-6-15(14-7)9-4-2-3-8(11)13-9/h2-6H,1H3,(H,12,16). The number of rotatable bonds is 2. The van der Waals surface area contributed by atoms with Gasteiger partial charge in [0.15, 0.2) is 11.5 Å². The van der Waals surface area contributed by atoms with E-state index in [2.05, 4.69) is 15.4 Å². The Hall–Kier alpha value is -1.88. The van der Waals surface area contributed by atoms with E-state index in [0.717, 1.165) is 0 Å². The zero-order chi connectivity index (χ0) is 11.5. The minimum Gasteiger partial charge on any atom is -0.354 e. The molecule has 1 amide bonds. The van der Waals surface area contributed by atoms with Gasteiger partial charge in [-0.1, -0.05) is 17.7 Å². The van der Waals surface area contributed by atoms with E-state index < -0.39 is 0 Å². The second-order valence-electron chi connectivity index (χ2n) is 3.04. The molecule has 6 heteroatoms. The summed E-state index contributed by atoms with van der Waals surface area (Å²) in [6.45, 7) is 0. The van der Waals surface area contributed by atoms with Crippen molar-refractivity contribution < 1.29 is 4.79 Å². The minimum absolute atomic E-state index is 0.235. The molecule has 2 aromatic rings. The van der Waals surface area contributed by atoms with E-state index in [0.29, 0.717) is 16.7 Å². The van der Waals surface area contributed by atoms with Gasteiger partial charge < -0.3 is 5.32 Å². The van der Waals surface area contributed by atoms with E-state index in [9.17, 15) is 4.79 Å². The van der Waals surface area contributed by atoms with Crippen molar-refractivity contribution in [3.8, 4) is 5.82 Å². The van der Waals surface area contributed by atoms with Gasteiger partial charge in [-0.25, -0.2) is 9.67 Å². The van der Waals surface area contributed by atoms with Crippen molar-refractivity contribution in [2.45, 2.75) is 0 Å². The lowest BCUT2D eigenvalue weighted by Gasteiger charge is -1.99. The lowest BCUT2D eigenvalue weighted by Crippen LogP contribution is -2.18. The average molecular weight is 237 g/mol. The third-order valence-electron chi connectivity index (χ3n) is 1.98. The fraction of sp³-hybridized carbons (Fsp3) is 0.100. The van der Waals surface area contributed by atoms with Gasteiger partial charge in [-0.05, 0) is 18.2 Å². The van der Waals surface area contributed by atoms with Crippen molar-refractivity contribution in [1.29, 1.82) is 0 Å². The van der Waals surface area contributed by atoms with Gasteiger partial charge in [0.2, 0.25) is 0 Å². The minimum atomic E-state index is -0.235. The number of pyridine rings is 1. The van der Waals surface area contributed by atoms with Crippen LogP contribution in [0.5, 0.6) is 0 Å². The number of aromatic nitrogens is 3. The van der Waals surface area contributed by atoms with E-state index in [4.69, 9.17) is 11.6 Å². The average Bonchev–Trinajstić information content (AvgIpc) is 2.77. The number of hydrogen-bond donors (Lipinski definition) is 1. The number of carbonyl (C=O) groups is 1. The molecule has 82 valence electrons. The van der Waals surface area contributed by atoms with Gasteiger partial charge in [0.25, 0.3) is 5.91 Å². The molecule has 0 bridgehead atoms. The monoisotopic (exact) mass is 236 g/mol. The number of amides is 1. The van der Waals surface area contributed by atoms with Gasteiger partial charge in [0, 0.05) is 13.2 Å². The predicted molar refractivity (Wildman–Crippen MR) is 59.8 cm³/mol. The lowest BCUT2D eigenvalue weighted by atomic mass is 10.4. The van der Waals surface area contributed by atoms with Crippen LogP contribution in [0.15, 0.2) is 30.5 Å². The fourth-order valence-electron chi connectivity index (χ4n) is 1.23. The van der Waals surface area contributed by atoms with Crippen LogP contribution >= 0.6 is 11.6 Å². The van der Waals surface area contributed by atoms with Crippen LogP contribution < -0.4 is 5.32 Å². The van der Waals surface area contributed by atoms with Crippen molar-refractivity contribution in [2.24, 2.45) is 0 Å². The normalized spacial score (nSPS) is 10.1. The molecule has 0 aliphatic heterocycles. The molecule has 0 atom stereocenters. The van der Waals surface area contributed by atoms with E-state index in [1.54, 1.807) is 37.5 Å². The van der Waals surface area contributed by atoms with Crippen molar-refractivity contribution in [1.82, 2.24) is 20.1 Å². The Bertz CT molecular complexity index is 523. The van der Waals surface area contributed by atoms with Crippen molar-refractivity contribution in [2.75, 3.05) is 7.05 Å². The first-order chi connectivity index (χ1) is 7.70. The number of carbonyl (C=O) groups excluding carboxylic acids is 1. The predicted octanol–water partition coefficient (Wildman–Crippen LogP) is 1.28. The van der Waals surface area contributed by atoms with Crippen LogP contribution in [0.3, 0.4) is 0 Å². The van der Waals surface area contributed by atoms with E-state index in [1.807, 2.05) is 0 Å². The molecule has 0 saturated carbocycles. The topological polar surface area (TPSA) is 59.8 Å². The van der Waals surface area contributed by atoms with Gasteiger partial charge in [0.05, 0.1) is 0 Å². The quantitative estimate of drug-likeness (QED) is 0.799. The van der Waals surface area contributed by atoms with Crippen LogP contribution in [0, 0.1) is 0 Å². The van der Waals surface area contributed by atoms with Crippen LogP contribution in [-0.2, 0) is 0 Å². The third kappa shape index (κ3) is 2.04. The van der Waals surface area contributed by atoms with Crippen molar-refractivity contribution >= 4 is 17.5 Å². The summed E-state index contributed by atoms with van der Waals surface area (Å²) >= 11 is 5.76. The van der Waals surface area contributed by atoms with Crippen molar-refractivity contribution in [3.05, 3.63) is 41.3 Å². The molecule has 0 aliphatic carbocycles. The van der Waals surface area contributed by atoms with Gasteiger partial charge in [-0.2, -0.15) is 5.10 Å². The molecule has 16 heavy (non-hydrogen) atoms. The highest BCUT2D eigenvalue weighted by atomic mass is 35.5. The molecule has 0 aliphatic rings. The highest BCUT2D eigenvalue weighted by molar-refractivity contribution is 6.29. The summed E-state index contributed by atoms with van der Waals surface area (Å²) in [5.74, 6) is 0.337. The Kier molecular flexibility index (Phi) is 2.87. The molecule has 2 heterocycles. The van der Waals surface area contributed by atoms with Crippen LogP contribution in [0.1, 0.15) is 10.5 Å². The molecule has 1 N–H and O–H groups in total. The first-order valence-electron chi connectivity index (χ1n) is 4.61. The first-order valence-corrected chi connectivity index (χ1v) is 4.99. The molecule has 0 unspecified atom stereocenters. The Morgan fingerprint density at radius 3 is 2.94 bits per heavy atom. The zero-order valence-electron chi connectivity index (χ0n) is 8.51. The summed E-state index contributed by atoms with van der Waals surface area (Å²) in [6.07, 6.45) is 1.66. The maximum absolute atomic E-state index is 11.3. The maximum atomic E-state index is 11.3. The van der Waals surface area contributed by atoms with E-state index in [1.165, 1.54) is 4.68 Å². The Morgan fingerprint density at radius 1 is 1.44 bits per heavy atom. The van der Waals surface area contributed by atoms with Crippen molar-refractivity contribution in [3.63, 3.8) is 0 Å². The molecule has 2 rings (SSSR count). The number of nitrogens with zero attached hydrogens (tertiary/aromatic N) is 3. The second-order valence-corrected chi connectivity index (χ2v) is 3.43. The summed E-state index contributed by atoms with van der Waals surface area (Å²) in [7, 11) is 1.55. The highest BCUT2D eigenvalue weighted by Gasteiger charge is 2.08. The summed E-state index contributed by atoms with van der Waals surface area (Å²) in [5.41, 5.74) is 0.337. The molecule has 5 nitrogen and oxygen atoms in total. The lowest BCUT2D eigenvalue weighted by molar-refractivity contribution is 0.0957. The van der Waals surface area contributed by atoms with Gasteiger partial charge >= 0.3 is 0 Å². The number of hydrogen-bond acceptors (Lipinski definition) is 3. The first kappa shape index (κ1) is 10.6. The van der Waals surface area contributed by atoms with Gasteiger partial charge in [-0.15, -0.1) is 0 Å². The molecular weight excluding hydrogens is 228 g/mol. The van der Waals surface area contributed by atoms with Crippen LogP contribution in [-0.4, -0.2) is 27.7 Å². The fourth-order valence-corrected chi connectivity index (χ4v) is 1.39. The number of halogens is 1. The molecule has 0 radical (unpaired) electrons. The van der Waals surface area contributed by atoms with E-state index in [-0.39, 0.29) is 5.91 Å².